The van der Waals surface area contributed by atoms with Crippen molar-refractivity contribution in [3.63, 3.8) is 0 Å². The first-order chi connectivity index (χ1) is 18.6. The van der Waals surface area contributed by atoms with Crippen LogP contribution in [0.5, 0.6) is 0 Å². The number of carbonyl (C=O) groups is 4. The average Bonchev–Trinajstić information content (AvgIpc) is 3.43. The Kier molecular flexibility index (Phi) is 10.5. The molecule has 1 aromatic carbocycles. The van der Waals surface area contributed by atoms with Gasteiger partial charge in [0.05, 0.1) is 19.0 Å². The Morgan fingerprint density at radius 3 is 2.56 bits per heavy atom. The van der Waals surface area contributed by atoms with E-state index in [0.29, 0.717) is 49.9 Å². The molecule has 1 aliphatic heterocycles. The average molecular weight is 556 g/mol. The molecule has 13 nitrogen and oxygen atoms in total. The lowest BCUT2D eigenvalue weighted by Crippen LogP contribution is -2.55. The van der Waals surface area contributed by atoms with E-state index >= 15 is 0 Å². The molecule has 1 fully saturated rings. The zero-order chi connectivity index (χ0) is 28.4. The zero-order valence-corrected chi connectivity index (χ0v) is 22.2. The summed E-state index contributed by atoms with van der Waals surface area (Å²) in [5.41, 5.74) is 17.4. The standard InChI is InChI=1S/C25H33N9O4S/c26-22(27)16-7-5-15(6-8-16)13-19(35)33-18-4-2-11-34(24(18)38)14-20(36)32-17(3-1-9-31-25(28)29)21(37)23-30-10-12-39-23/h5-8,10,12,17-18H,1-4,9,11,13-14H2,(H3,26,27)(H,32,36)(H,33,35)(H4,28,29,31)/t17-,18-/m0/s1. The summed E-state index contributed by atoms with van der Waals surface area (Å²) in [6.45, 7) is 0.417. The molecule has 1 aromatic heterocycles. The van der Waals surface area contributed by atoms with Crippen molar-refractivity contribution in [2.45, 2.75) is 44.2 Å². The third-order valence-electron chi connectivity index (χ3n) is 6.07. The molecule has 3 amide bonds. The first-order valence-corrected chi connectivity index (χ1v) is 13.3. The smallest absolute Gasteiger partial charge is 0.245 e. The largest absolute Gasteiger partial charge is 0.384 e. The molecule has 9 N–H and O–H groups in total. The van der Waals surface area contributed by atoms with E-state index in [-0.39, 0.29) is 47.4 Å². The summed E-state index contributed by atoms with van der Waals surface area (Å²) >= 11 is 1.18. The van der Waals surface area contributed by atoms with Gasteiger partial charge in [0, 0.05) is 30.2 Å². The van der Waals surface area contributed by atoms with Gasteiger partial charge in [-0.3, -0.25) is 29.6 Å². The number of guanidine groups is 1. The number of thiazole rings is 1. The van der Waals surface area contributed by atoms with Gasteiger partial charge in [-0.2, -0.15) is 0 Å². The molecule has 2 aromatic rings. The van der Waals surface area contributed by atoms with E-state index in [4.69, 9.17) is 22.6 Å². The Hall–Kier alpha value is -4.33. The second kappa shape index (κ2) is 14.0. The van der Waals surface area contributed by atoms with Crippen molar-refractivity contribution in [1.82, 2.24) is 20.5 Å². The maximum atomic E-state index is 13.0. The molecule has 208 valence electrons. The lowest BCUT2D eigenvalue weighted by Gasteiger charge is -2.32. The van der Waals surface area contributed by atoms with Crippen LogP contribution in [0.15, 0.2) is 40.8 Å². The third kappa shape index (κ3) is 8.88. The minimum atomic E-state index is -0.845. The monoisotopic (exact) mass is 555 g/mol. The number of nitrogens with two attached hydrogens (primary N) is 3. The number of hydrogen-bond donors (Lipinski definition) is 6. The van der Waals surface area contributed by atoms with Crippen LogP contribution in [0.4, 0.5) is 0 Å². The van der Waals surface area contributed by atoms with Crippen LogP contribution in [0.1, 0.15) is 46.6 Å². The second-order valence-corrected chi connectivity index (χ2v) is 9.97. The van der Waals surface area contributed by atoms with Crippen molar-refractivity contribution in [1.29, 1.82) is 5.41 Å². The predicted molar refractivity (Wildman–Crippen MR) is 147 cm³/mol. The Balaban J connectivity index is 1.55. The minimum Gasteiger partial charge on any atom is -0.384 e. The molecular weight excluding hydrogens is 522 g/mol. The minimum absolute atomic E-state index is 0.0574. The molecule has 2 atom stereocenters. The van der Waals surface area contributed by atoms with E-state index in [1.165, 1.54) is 22.4 Å². The molecule has 0 saturated carbocycles. The van der Waals surface area contributed by atoms with E-state index in [0.717, 1.165) is 0 Å². The number of piperidine rings is 1. The number of ketones is 1. The van der Waals surface area contributed by atoms with Gasteiger partial charge < -0.3 is 32.7 Å². The summed E-state index contributed by atoms with van der Waals surface area (Å²) in [4.78, 5) is 60.7. The molecule has 0 radical (unpaired) electrons. The lowest BCUT2D eigenvalue weighted by atomic mass is 10.0. The second-order valence-electron chi connectivity index (χ2n) is 9.08. The highest BCUT2D eigenvalue weighted by atomic mass is 32.1. The number of Topliss-reactive ketones (excluding diaryl/α,β-unsaturated/α-hetero) is 1. The first kappa shape index (κ1) is 29.2. The maximum Gasteiger partial charge on any atom is 0.245 e. The number of nitrogen functional groups attached to an aromatic ring is 1. The number of amidine groups is 1. The van der Waals surface area contributed by atoms with E-state index < -0.39 is 18.0 Å². The summed E-state index contributed by atoms with van der Waals surface area (Å²) in [7, 11) is 0. The Morgan fingerprint density at radius 1 is 1.18 bits per heavy atom. The van der Waals surface area contributed by atoms with Crippen molar-refractivity contribution in [3.8, 4) is 0 Å². The molecule has 0 unspecified atom stereocenters. The van der Waals surface area contributed by atoms with Gasteiger partial charge in [0.15, 0.2) is 11.0 Å². The molecule has 0 spiro atoms. The van der Waals surface area contributed by atoms with Gasteiger partial charge >= 0.3 is 0 Å². The van der Waals surface area contributed by atoms with Gasteiger partial charge in [-0.25, -0.2) is 4.98 Å². The van der Waals surface area contributed by atoms with Crippen molar-refractivity contribution in [3.05, 3.63) is 52.0 Å². The van der Waals surface area contributed by atoms with Crippen LogP contribution in [0.3, 0.4) is 0 Å². The quantitative estimate of drug-likeness (QED) is 0.0815. The van der Waals surface area contributed by atoms with E-state index in [1.807, 2.05) is 0 Å². The Labute approximate surface area is 229 Å². The summed E-state index contributed by atoms with van der Waals surface area (Å²) < 4.78 is 0. The van der Waals surface area contributed by atoms with Crippen molar-refractivity contribution in [2.75, 3.05) is 19.6 Å². The molecular formula is C25H33N9O4S. The molecule has 1 saturated heterocycles. The molecule has 39 heavy (non-hydrogen) atoms. The molecule has 0 bridgehead atoms. The van der Waals surface area contributed by atoms with Crippen molar-refractivity contribution < 1.29 is 19.2 Å². The van der Waals surface area contributed by atoms with Crippen LogP contribution >= 0.6 is 11.3 Å². The molecule has 0 aliphatic carbocycles. The highest BCUT2D eigenvalue weighted by molar-refractivity contribution is 7.11. The van der Waals surface area contributed by atoms with Crippen LogP contribution in [-0.4, -0.2) is 76.9 Å². The fraction of sp³-hybridized carbons (Fsp3) is 0.400. The molecule has 14 heteroatoms. The van der Waals surface area contributed by atoms with Crippen LogP contribution in [-0.2, 0) is 20.8 Å². The number of carbonyl (C=O) groups excluding carboxylic acids is 4. The van der Waals surface area contributed by atoms with Crippen molar-refractivity contribution >= 4 is 46.6 Å². The summed E-state index contributed by atoms with van der Waals surface area (Å²) in [6.07, 6.45) is 3.38. The fourth-order valence-electron chi connectivity index (χ4n) is 4.14. The van der Waals surface area contributed by atoms with E-state index in [9.17, 15) is 19.2 Å². The number of nitrogens with one attached hydrogen (secondary N) is 3. The number of hydrogen-bond acceptors (Lipinski definition) is 8. The van der Waals surface area contributed by atoms with Gasteiger partial charge in [-0.05, 0) is 31.2 Å². The SMILES string of the molecule is N=C(N)c1ccc(CC(=O)N[C@H]2CCCN(CC(=O)N[C@@H](CCCN=C(N)N)C(=O)c3nccs3)C2=O)cc1. The number of benzene rings is 1. The molecule has 3 rings (SSSR count). The van der Waals surface area contributed by atoms with Gasteiger partial charge in [-0.15, -0.1) is 11.3 Å². The lowest BCUT2D eigenvalue weighted by molar-refractivity contribution is -0.141. The zero-order valence-electron chi connectivity index (χ0n) is 21.4. The summed E-state index contributed by atoms with van der Waals surface area (Å²) in [6, 6.07) is 5.13. The summed E-state index contributed by atoms with van der Waals surface area (Å²) in [5, 5.41) is 14.9. The van der Waals surface area contributed by atoms with Crippen molar-refractivity contribution in [2.24, 2.45) is 22.2 Å². The van der Waals surface area contributed by atoms with Gasteiger partial charge in [-0.1, -0.05) is 24.3 Å². The van der Waals surface area contributed by atoms with Gasteiger partial charge in [0.25, 0.3) is 0 Å². The number of aliphatic imine (C=N–C) groups is 1. The normalized spacial score (nSPS) is 15.7. The van der Waals surface area contributed by atoms with E-state index in [2.05, 4.69) is 20.6 Å². The number of amides is 3. The molecule has 1 aliphatic rings. The predicted octanol–water partition coefficient (Wildman–Crippen LogP) is -0.502. The topological polar surface area (TPSA) is 223 Å². The summed E-state index contributed by atoms with van der Waals surface area (Å²) in [5.74, 6) is -1.62. The van der Waals surface area contributed by atoms with Crippen LogP contribution in [0.2, 0.25) is 0 Å². The Bertz CT molecular complexity index is 1210. The maximum absolute atomic E-state index is 13.0. The number of rotatable bonds is 13. The number of aromatic nitrogens is 1. The Morgan fingerprint density at radius 2 is 1.92 bits per heavy atom. The fourth-order valence-corrected chi connectivity index (χ4v) is 4.77. The van der Waals surface area contributed by atoms with Gasteiger partial charge in [0.2, 0.25) is 23.5 Å². The first-order valence-electron chi connectivity index (χ1n) is 12.4. The highest BCUT2D eigenvalue weighted by Crippen LogP contribution is 2.14. The van der Waals surface area contributed by atoms with Gasteiger partial charge in [0.1, 0.15) is 11.9 Å². The third-order valence-corrected chi connectivity index (χ3v) is 6.86. The van der Waals surface area contributed by atoms with Crippen LogP contribution in [0.25, 0.3) is 0 Å². The number of nitrogens with zero attached hydrogens (tertiary/aromatic N) is 3. The highest BCUT2D eigenvalue weighted by Gasteiger charge is 2.32. The van der Waals surface area contributed by atoms with Crippen LogP contribution in [0, 0.1) is 5.41 Å². The van der Waals surface area contributed by atoms with Crippen LogP contribution < -0.4 is 27.8 Å². The molecule has 2 heterocycles. The number of likely N-dealkylation sites (tertiary alicyclic amines) is 1. The van der Waals surface area contributed by atoms with E-state index in [1.54, 1.807) is 29.6 Å².